The Morgan fingerprint density at radius 2 is 1.39 bits per heavy atom. The average molecular weight is 498 g/mol. The summed E-state index contributed by atoms with van der Waals surface area (Å²) in [6, 6.07) is 17.1. The van der Waals surface area contributed by atoms with Gasteiger partial charge in [-0.1, -0.05) is 74.5 Å². The number of rotatable bonds is 12. The second kappa shape index (κ2) is 12.5. The fourth-order valence-corrected chi connectivity index (χ4v) is 4.42. The highest BCUT2D eigenvalue weighted by molar-refractivity contribution is 7.61. The van der Waals surface area contributed by atoms with E-state index >= 15 is 0 Å². The van der Waals surface area contributed by atoms with E-state index in [1.54, 1.807) is 66.1 Å². The van der Waals surface area contributed by atoms with Crippen LogP contribution >= 0.6 is 15.6 Å². The molecule has 0 heterocycles. The van der Waals surface area contributed by atoms with Crippen molar-refractivity contribution in [3.8, 4) is 0 Å². The molecule has 11 nitrogen and oxygen atoms in total. The van der Waals surface area contributed by atoms with Gasteiger partial charge in [-0.3, -0.25) is 9.59 Å². The summed E-state index contributed by atoms with van der Waals surface area (Å²) < 4.78 is 44.8. The SMILES string of the molecule is CCC(=O)NOP(=O)(O)OP(=O)(ONC(=O)CC)OC(=Cc1ccccc1)c1ccccc1. The van der Waals surface area contributed by atoms with Crippen molar-refractivity contribution < 1.29 is 41.7 Å². The molecule has 0 radical (unpaired) electrons. The molecule has 2 amide bonds. The molecule has 0 aliphatic heterocycles. The van der Waals surface area contributed by atoms with E-state index in [4.69, 9.17) is 9.15 Å². The maximum absolute atomic E-state index is 13.3. The van der Waals surface area contributed by atoms with Crippen LogP contribution in [0.5, 0.6) is 0 Å². The second-order valence-electron chi connectivity index (χ2n) is 6.31. The number of phosphoric acid groups is 2. The predicted octanol–water partition coefficient (Wildman–Crippen LogP) is 4.34. The molecule has 0 spiro atoms. The molecule has 13 heteroatoms. The normalized spacial score (nSPS) is 15.1. The molecule has 2 unspecified atom stereocenters. The van der Waals surface area contributed by atoms with E-state index < -0.39 is 27.5 Å². The van der Waals surface area contributed by atoms with Crippen molar-refractivity contribution in [2.24, 2.45) is 0 Å². The van der Waals surface area contributed by atoms with E-state index in [0.717, 1.165) is 0 Å². The van der Waals surface area contributed by atoms with Gasteiger partial charge in [0.2, 0.25) is 11.8 Å². The molecule has 178 valence electrons. The molecule has 0 aliphatic rings. The van der Waals surface area contributed by atoms with Crippen LogP contribution in [0.2, 0.25) is 0 Å². The third-order valence-electron chi connectivity index (χ3n) is 3.76. The quantitative estimate of drug-likeness (QED) is 0.168. The first kappa shape index (κ1) is 26.5. The van der Waals surface area contributed by atoms with Crippen LogP contribution in [-0.2, 0) is 36.8 Å². The Morgan fingerprint density at radius 3 is 1.94 bits per heavy atom. The van der Waals surface area contributed by atoms with Gasteiger partial charge < -0.3 is 9.42 Å². The summed E-state index contributed by atoms with van der Waals surface area (Å²) in [6.45, 7) is 2.97. The second-order valence-corrected chi connectivity index (χ2v) is 9.35. The van der Waals surface area contributed by atoms with Gasteiger partial charge in [-0.05, 0) is 11.6 Å². The van der Waals surface area contributed by atoms with Crippen molar-refractivity contribution in [1.82, 2.24) is 11.0 Å². The molecule has 0 saturated heterocycles. The fourth-order valence-electron chi connectivity index (χ4n) is 2.14. The van der Waals surface area contributed by atoms with E-state index in [9.17, 15) is 23.6 Å². The molecule has 0 fully saturated rings. The van der Waals surface area contributed by atoms with Crippen molar-refractivity contribution in [3.63, 3.8) is 0 Å². The van der Waals surface area contributed by atoms with Gasteiger partial charge in [0.25, 0.3) is 0 Å². The summed E-state index contributed by atoms with van der Waals surface area (Å²) in [5, 5.41) is 0. The Bertz CT molecular complexity index is 1060. The molecule has 33 heavy (non-hydrogen) atoms. The number of hydrogen-bond acceptors (Lipinski definition) is 8. The number of carbonyl (C=O) groups excluding carboxylic acids is 2. The first-order valence-electron chi connectivity index (χ1n) is 9.77. The fraction of sp³-hybridized carbons (Fsp3) is 0.200. The number of nitrogens with one attached hydrogen (secondary N) is 2. The molecular weight excluding hydrogens is 474 g/mol. The van der Waals surface area contributed by atoms with Crippen LogP contribution in [0.15, 0.2) is 60.7 Å². The first-order valence-corrected chi connectivity index (χ1v) is 12.7. The van der Waals surface area contributed by atoms with Gasteiger partial charge in [-0.2, -0.15) is 13.6 Å². The molecule has 0 aromatic heterocycles. The van der Waals surface area contributed by atoms with E-state index in [-0.39, 0.29) is 18.6 Å². The van der Waals surface area contributed by atoms with Gasteiger partial charge in [0.1, 0.15) is 5.76 Å². The molecule has 2 aromatic carbocycles. The van der Waals surface area contributed by atoms with Crippen molar-refractivity contribution in [2.45, 2.75) is 26.7 Å². The Balaban J connectivity index is 2.39. The third-order valence-corrected chi connectivity index (χ3v) is 6.44. The highest BCUT2D eigenvalue weighted by Crippen LogP contribution is 2.64. The van der Waals surface area contributed by atoms with Crippen LogP contribution in [0.4, 0.5) is 0 Å². The zero-order valence-electron chi connectivity index (χ0n) is 17.9. The summed E-state index contributed by atoms with van der Waals surface area (Å²) in [6.07, 6.45) is 1.37. The third kappa shape index (κ3) is 9.31. The Labute approximate surface area is 190 Å². The molecule has 0 saturated carbocycles. The molecule has 2 rings (SSSR count). The van der Waals surface area contributed by atoms with Gasteiger partial charge >= 0.3 is 15.6 Å². The maximum Gasteiger partial charge on any atom is 0.561 e. The average Bonchev–Trinajstić information content (AvgIpc) is 2.81. The van der Waals surface area contributed by atoms with Crippen LogP contribution in [0.25, 0.3) is 11.8 Å². The van der Waals surface area contributed by atoms with Crippen molar-refractivity contribution in [3.05, 3.63) is 71.8 Å². The van der Waals surface area contributed by atoms with Crippen LogP contribution in [0.3, 0.4) is 0 Å². The monoisotopic (exact) mass is 498 g/mol. The van der Waals surface area contributed by atoms with Gasteiger partial charge in [0.05, 0.1) is 0 Å². The van der Waals surface area contributed by atoms with Crippen molar-refractivity contribution in [1.29, 1.82) is 0 Å². The highest BCUT2D eigenvalue weighted by Gasteiger charge is 2.42. The Morgan fingerprint density at radius 1 is 0.879 bits per heavy atom. The molecule has 0 bridgehead atoms. The van der Waals surface area contributed by atoms with Crippen molar-refractivity contribution in [2.75, 3.05) is 0 Å². The summed E-state index contributed by atoms with van der Waals surface area (Å²) in [5.74, 6) is -1.50. The standard InChI is InChI=1S/C20H24N2O9P2/c1-3-19(23)21-29-32(25,26)31-33(27,30-22-20(24)4-2)28-18(17-13-9-6-10-14-17)15-16-11-7-5-8-12-16/h5-15H,3-4H2,1-2H3,(H,21,23)(H,22,24)(H,25,26). The van der Waals surface area contributed by atoms with Gasteiger partial charge in [0.15, 0.2) is 0 Å². The number of hydrogen-bond donors (Lipinski definition) is 3. The Hall–Kier alpha value is -2.78. The lowest BCUT2D eigenvalue weighted by molar-refractivity contribution is -0.128. The first-order chi connectivity index (χ1) is 15.7. The number of carbonyl (C=O) groups is 2. The Kier molecular flexibility index (Phi) is 9.99. The van der Waals surface area contributed by atoms with E-state index in [1.165, 1.54) is 19.9 Å². The smallest absolute Gasteiger partial charge is 0.402 e. The lowest BCUT2D eigenvalue weighted by Gasteiger charge is -2.21. The summed E-state index contributed by atoms with van der Waals surface area (Å²) in [5.41, 5.74) is 4.58. The zero-order chi connectivity index (χ0) is 24.3. The number of hydroxylamine groups is 2. The van der Waals surface area contributed by atoms with Gasteiger partial charge in [-0.15, -0.1) is 0 Å². The molecule has 2 aromatic rings. The predicted molar refractivity (Wildman–Crippen MR) is 119 cm³/mol. The maximum atomic E-state index is 13.3. The lowest BCUT2D eigenvalue weighted by Crippen LogP contribution is -2.24. The largest absolute Gasteiger partial charge is 0.561 e. The minimum absolute atomic E-state index is 0.0504. The summed E-state index contributed by atoms with van der Waals surface area (Å²) >= 11 is 0. The lowest BCUT2D eigenvalue weighted by atomic mass is 10.1. The summed E-state index contributed by atoms with van der Waals surface area (Å²) in [4.78, 5) is 32.9. The van der Waals surface area contributed by atoms with Crippen molar-refractivity contribution >= 4 is 39.3 Å². The highest BCUT2D eigenvalue weighted by atomic mass is 31.3. The van der Waals surface area contributed by atoms with E-state index in [1.807, 2.05) is 5.48 Å². The topological polar surface area (TPSA) is 149 Å². The summed E-state index contributed by atoms with van der Waals surface area (Å²) in [7, 11) is -10.2. The molecule has 0 aliphatic carbocycles. The van der Waals surface area contributed by atoms with Crippen LogP contribution < -0.4 is 11.0 Å². The minimum atomic E-state index is -5.20. The zero-order valence-corrected chi connectivity index (χ0v) is 19.7. The van der Waals surface area contributed by atoms with Crippen LogP contribution in [0, 0.1) is 0 Å². The van der Waals surface area contributed by atoms with Gasteiger partial charge in [-0.25, -0.2) is 20.1 Å². The molecular formula is C20H24N2O9P2. The van der Waals surface area contributed by atoms with Crippen LogP contribution in [0.1, 0.15) is 37.8 Å². The number of benzene rings is 2. The van der Waals surface area contributed by atoms with E-state index in [0.29, 0.717) is 11.1 Å². The molecule has 3 N–H and O–H groups in total. The number of amides is 2. The van der Waals surface area contributed by atoms with Crippen LogP contribution in [-0.4, -0.2) is 16.7 Å². The van der Waals surface area contributed by atoms with Gasteiger partial charge in [0, 0.05) is 18.4 Å². The molecule has 2 atom stereocenters. The minimum Gasteiger partial charge on any atom is -0.402 e. The van der Waals surface area contributed by atoms with E-state index in [2.05, 4.69) is 8.94 Å².